The van der Waals surface area contributed by atoms with Gasteiger partial charge in [-0.2, -0.15) is 33.0 Å². The Kier molecular flexibility index (Phi) is 6.99. The van der Waals surface area contributed by atoms with Crippen molar-refractivity contribution in [2.24, 2.45) is 0 Å². The zero-order chi connectivity index (χ0) is 18.9. The van der Waals surface area contributed by atoms with Gasteiger partial charge in [-0.25, -0.2) is 0 Å². The van der Waals surface area contributed by atoms with Crippen molar-refractivity contribution in [2.45, 2.75) is 47.7 Å². The van der Waals surface area contributed by atoms with Crippen LogP contribution >= 0.6 is 17.0 Å². The fourth-order valence-corrected chi connectivity index (χ4v) is 8.23. The van der Waals surface area contributed by atoms with Crippen molar-refractivity contribution < 1.29 is 20.8 Å². The molecular weight excluding hydrogens is 442 g/mol. The fourth-order valence-electron chi connectivity index (χ4n) is 4.24. The van der Waals surface area contributed by atoms with Gasteiger partial charge in [-0.1, -0.05) is 53.8 Å². The zero-order valence-corrected chi connectivity index (χ0v) is 21.1. The second-order valence-corrected chi connectivity index (χ2v) is 15.4. The van der Waals surface area contributed by atoms with E-state index in [2.05, 4.69) is 78.0 Å². The van der Waals surface area contributed by atoms with Gasteiger partial charge < -0.3 is 0 Å². The summed E-state index contributed by atoms with van der Waals surface area (Å²) in [5.74, 6) is 0. The summed E-state index contributed by atoms with van der Waals surface area (Å²) in [4.78, 5) is 0. The number of hydrogen-bond acceptors (Lipinski definition) is 0. The third-order valence-electron chi connectivity index (χ3n) is 5.74. The van der Waals surface area contributed by atoms with E-state index in [1.165, 1.54) is 38.6 Å². The van der Waals surface area contributed by atoms with Gasteiger partial charge >= 0.3 is 37.9 Å². The van der Waals surface area contributed by atoms with Gasteiger partial charge in [0.2, 0.25) is 0 Å². The fraction of sp³-hybridized carbons (Fsp3) is 0.333. The number of benzene rings is 1. The van der Waals surface area contributed by atoms with Gasteiger partial charge in [0, 0.05) is 8.07 Å². The molecule has 0 aliphatic rings. The van der Waals surface area contributed by atoms with Crippen LogP contribution in [0, 0.1) is 34.6 Å². The van der Waals surface area contributed by atoms with Gasteiger partial charge in [0.05, 0.1) is 0 Å². The van der Waals surface area contributed by atoms with Crippen molar-refractivity contribution in [3.63, 3.8) is 0 Å². The molecule has 4 heteroatoms. The third-order valence-corrected chi connectivity index (χ3v) is 9.50. The van der Waals surface area contributed by atoms with E-state index in [0.717, 1.165) is 0 Å². The molecule has 0 radical (unpaired) electrons. The van der Waals surface area contributed by atoms with Gasteiger partial charge in [0.1, 0.15) is 0 Å². The van der Waals surface area contributed by atoms with E-state index >= 15 is 0 Å². The van der Waals surface area contributed by atoms with Crippen molar-refractivity contribution >= 4 is 46.2 Å². The molecule has 0 fully saturated rings. The summed E-state index contributed by atoms with van der Waals surface area (Å²) in [6.45, 7) is 16.5. The number of aryl methyl sites for hydroxylation is 1. The Morgan fingerprint density at radius 1 is 0.880 bits per heavy atom. The van der Waals surface area contributed by atoms with Crippen LogP contribution < -0.4 is 10.4 Å². The predicted molar refractivity (Wildman–Crippen MR) is 114 cm³/mol. The first-order chi connectivity index (χ1) is 11.7. The van der Waals surface area contributed by atoms with Crippen molar-refractivity contribution in [3.05, 3.63) is 58.1 Å². The molecular formula is C21H26Cl2SiZr. The summed E-state index contributed by atoms with van der Waals surface area (Å²) in [5, 5.41) is 6.13. The van der Waals surface area contributed by atoms with E-state index in [-0.39, 0.29) is 0 Å². The molecule has 0 N–H and O–H groups in total. The molecule has 0 spiro atoms. The number of halogens is 2. The van der Waals surface area contributed by atoms with E-state index in [1.807, 2.05) is 0 Å². The Balaban J connectivity index is 0.000000701. The summed E-state index contributed by atoms with van der Waals surface area (Å²) in [6, 6.07) is 11.4. The summed E-state index contributed by atoms with van der Waals surface area (Å²) in [6.07, 6.45) is 0. The molecule has 0 nitrogen and oxygen atoms in total. The first kappa shape index (κ1) is 21.2. The summed E-state index contributed by atoms with van der Waals surface area (Å²) in [7, 11) is 8.17. The summed E-state index contributed by atoms with van der Waals surface area (Å²) >= 11 is -0.826. The molecule has 3 aromatic rings. The van der Waals surface area contributed by atoms with Gasteiger partial charge in [0.15, 0.2) is 0 Å². The topological polar surface area (TPSA) is 0 Å². The van der Waals surface area contributed by atoms with Crippen LogP contribution in [0.15, 0.2) is 30.3 Å². The van der Waals surface area contributed by atoms with E-state index in [4.69, 9.17) is 17.0 Å². The van der Waals surface area contributed by atoms with Crippen LogP contribution in [0.25, 0.3) is 10.8 Å². The van der Waals surface area contributed by atoms with Gasteiger partial charge in [-0.3, -0.25) is 0 Å². The number of fused-ring (bicyclic) bond motifs is 1. The van der Waals surface area contributed by atoms with Crippen LogP contribution in [0.1, 0.15) is 27.8 Å². The molecule has 132 valence electrons. The van der Waals surface area contributed by atoms with E-state index < -0.39 is 28.9 Å². The van der Waals surface area contributed by atoms with Crippen LogP contribution in [0.5, 0.6) is 0 Å². The maximum absolute atomic E-state index is 4.93. The van der Waals surface area contributed by atoms with Gasteiger partial charge in [-0.15, -0.1) is 40.2 Å². The molecule has 0 bridgehead atoms. The molecule has 0 aliphatic carbocycles. The van der Waals surface area contributed by atoms with Crippen LogP contribution in [-0.2, 0) is 20.8 Å². The van der Waals surface area contributed by atoms with E-state index in [1.54, 1.807) is 10.4 Å². The second kappa shape index (κ2) is 8.26. The van der Waals surface area contributed by atoms with Crippen LogP contribution in [-0.4, -0.2) is 8.07 Å². The minimum atomic E-state index is -1.70. The molecule has 25 heavy (non-hydrogen) atoms. The van der Waals surface area contributed by atoms with Crippen molar-refractivity contribution in [3.8, 4) is 0 Å². The van der Waals surface area contributed by atoms with E-state index in [9.17, 15) is 0 Å². The Bertz CT molecular complexity index is 862. The molecule has 0 aromatic heterocycles. The maximum atomic E-state index is 4.93. The quantitative estimate of drug-likeness (QED) is 0.319. The van der Waals surface area contributed by atoms with Gasteiger partial charge in [0.25, 0.3) is 0 Å². The normalized spacial score (nSPS) is 11.2. The Labute approximate surface area is 171 Å². The molecule has 3 rings (SSSR count). The Hall–Kier alpha value is -0.140. The summed E-state index contributed by atoms with van der Waals surface area (Å²) < 4.78 is 0. The van der Waals surface area contributed by atoms with Crippen molar-refractivity contribution in [2.75, 3.05) is 0 Å². The second-order valence-electron chi connectivity index (χ2n) is 7.36. The Morgan fingerprint density at radius 2 is 1.36 bits per heavy atom. The molecule has 0 saturated heterocycles. The van der Waals surface area contributed by atoms with E-state index in [0.29, 0.717) is 0 Å². The molecule has 0 unspecified atom stereocenters. The number of rotatable bonds is 2. The monoisotopic (exact) mass is 466 g/mol. The molecule has 0 saturated carbocycles. The predicted octanol–water partition coefficient (Wildman–Crippen LogP) is 6.02. The minimum absolute atomic E-state index is 0.826. The van der Waals surface area contributed by atoms with Gasteiger partial charge in [-0.05, 0) is 0 Å². The zero-order valence-electron chi connectivity index (χ0n) is 16.1. The summed E-state index contributed by atoms with van der Waals surface area (Å²) in [5.41, 5.74) is 7.44. The third kappa shape index (κ3) is 3.79. The molecule has 0 heterocycles. The molecule has 0 amide bonds. The number of hydrogen-bond donors (Lipinski definition) is 0. The van der Waals surface area contributed by atoms with Crippen molar-refractivity contribution in [1.82, 2.24) is 0 Å². The molecule has 0 aliphatic heterocycles. The first-order valence-electron chi connectivity index (χ1n) is 8.53. The first-order valence-corrected chi connectivity index (χ1v) is 17.9. The standard InChI is InChI=1S/C21H26Si.2ClH.Zr/c1-13-12-20(19-11-9-8-10-18(13)19)22(6,7)21-16(4)14(2)15(3)17(21)5;;;/h8-12H,1-7H3;2*1H;/q-2;;;+4/p-2. The van der Waals surface area contributed by atoms with Crippen LogP contribution in [0.3, 0.4) is 0 Å². The van der Waals surface area contributed by atoms with Crippen LogP contribution in [0.4, 0.5) is 0 Å². The average molecular weight is 469 g/mol. The SMILES string of the molecule is Cc1c(C)c(C)[c-]([Si](C)(C)[c-]2cc(C)c3ccccc32)c1C.[Cl][Zr+2][Cl]. The van der Waals surface area contributed by atoms with Crippen LogP contribution in [0.2, 0.25) is 13.1 Å². The Morgan fingerprint density at radius 3 is 1.88 bits per heavy atom. The van der Waals surface area contributed by atoms with Crippen molar-refractivity contribution in [1.29, 1.82) is 0 Å². The molecule has 3 aromatic carbocycles. The molecule has 0 atom stereocenters. The average Bonchev–Trinajstić information content (AvgIpc) is 3.00.